The Labute approximate surface area is 110 Å². The number of nitrogens with two attached hydrogens (primary N) is 1. The van der Waals surface area contributed by atoms with Crippen molar-refractivity contribution < 1.29 is 4.79 Å². The van der Waals surface area contributed by atoms with Crippen LogP contribution in [0.2, 0.25) is 0 Å². The molecule has 4 rings (SSSR count). The van der Waals surface area contributed by atoms with Gasteiger partial charge in [-0.25, -0.2) is 4.98 Å². The number of fused-ring (bicyclic) bond motifs is 1. The minimum atomic E-state index is 0.129. The highest BCUT2D eigenvalue weighted by Crippen LogP contribution is 2.42. The Bertz CT molecular complexity index is 671. The van der Waals surface area contributed by atoms with Gasteiger partial charge in [0.05, 0.1) is 17.1 Å². The number of benzene rings is 1. The number of hydrogen-bond acceptors (Lipinski definition) is 3. The molecule has 2 fully saturated rings. The predicted octanol–water partition coefficient (Wildman–Crippen LogP) is 1.56. The van der Waals surface area contributed by atoms with E-state index in [-0.39, 0.29) is 11.9 Å². The Hall–Kier alpha value is -2.04. The second-order valence-corrected chi connectivity index (χ2v) is 5.52. The van der Waals surface area contributed by atoms with Gasteiger partial charge in [-0.3, -0.25) is 4.79 Å². The number of imidazole rings is 1. The number of anilines is 1. The number of nitrogens with one attached hydrogen (secondary N) is 1. The van der Waals surface area contributed by atoms with Crippen LogP contribution in [0.1, 0.15) is 37.0 Å². The van der Waals surface area contributed by atoms with Gasteiger partial charge >= 0.3 is 0 Å². The molecule has 1 aromatic carbocycles. The molecule has 1 unspecified atom stereocenters. The molecule has 2 aromatic rings. The molecule has 3 N–H and O–H groups in total. The summed E-state index contributed by atoms with van der Waals surface area (Å²) in [5, 5.41) is 2.91. The fraction of sp³-hybridized carbons (Fsp3) is 0.429. The van der Waals surface area contributed by atoms with Gasteiger partial charge in [0.2, 0.25) is 5.91 Å². The lowest BCUT2D eigenvalue weighted by Gasteiger charge is -2.14. The van der Waals surface area contributed by atoms with Crippen LogP contribution in [0, 0.1) is 0 Å². The van der Waals surface area contributed by atoms with E-state index in [0.717, 1.165) is 22.5 Å². The molecular weight excluding hydrogens is 240 g/mol. The topological polar surface area (TPSA) is 72.9 Å². The predicted molar refractivity (Wildman–Crippen MR) is 72.8 cm³/mol. The van der Waals surface area contributed by atoms with Gasteiger partial charge < -0.3 is 15.6 Å². The maximum atomic E-state index is 11.5. The van der Waals surface area contributed by atoms with Crippen molar-refractivity contribution in [2.24, 2.45) is 0 Å². The van der Waals surface area contributed by atoms with Crippen LogP contribution < -0.4 is 11.1 Å². The SMILES string of the molecule is Nc1ccc2c(c1)nc(C1CC1)n2C1CNC(=O)C1. The van der Waals surface area contributed by atoms with Gasteiger partial charge in [0.1, 0.15) is 5.82 Å². The van der Waals surface area contributed by atoms with Gasteiger partial charge in [0.15, 0.2) is 0 Å². The minimum Gasteiger partial charge on any atom is -0.399 e. The molecule has 2 aliphatic rings. The number of nitrogens with zero attached hydrogens (tertiary/aromatic N) is 2. The Balaban J connectivity index is 1.90. The molecule has 0 bridgehead atoms. The zero-order valence-corrected chi connectivity index (χ0v) is 10.6. The molecule has 98 valence electrons. The van der Waals surface area contributed by atoms with E-state index in [1.165, 1.54) is 12.8 Å². The Kier molecular flexibility index (Phi) is 2.13. The zero-order chi connectivity index (χ0) is 13.0. The number of amides is 1. The third-order valence-corrected chi connectivity index (χ3v) is 4.00. The summed E-state index contributed by atoms with van der Waals surface area (Å²) >= 11 is 0. The summed E-state index contributed by atoms with van der Waals surface area (Å²) < 4.78 is 2.25. The first kappa shape index (κ1) is 10.8. The molecule has 1 aliphatic carbocycles. The number of rotatable bonds is 2. The molecule has 1 saturated heterocycles. The lowest BCUT2D eigenvalue weighted by Crippen LogP contribution is -2.16. The molecule has 5 heteroatoms. The van der Waals surface area contributed by atoms with Crippen LogP contribution in [0.15, 0.2) is 18.2 Å². The molecule has 1 saturated carbocycles. The second-order valence-electron chi connectivity index (χ2n) is 5.52. The maximum absolute atomic E-state index is 11.5. The van der Waals surface area contributed by atoms with Gasteiger partial charge in [-0.1, -0.05) is 0 Å². The van der Waals surface area contributed by atoms with Crippen molar-refractivity contribution in [1.82, 2.24) is 14.9 Å². The van der Waals surface area contributed by atoms with Crippen molar-refractivity contribution in [3.8, 4) is 0 Å². The quantitative estimate of drug-likeness (QED) is 0.801. The van der Waals surface area contributed by atoms with E-state index in [1.54, 1.807) is 0 Å². The van der Waals surface area contributed by atoms with Crippen molar-refractivity contribution in [1.29, 1.82) is 0 Å². The smallest absolute Gasteiger partial charge is 0.222 e. The molecule has 0 spiro atoms. The first-order valence-electron chi connectivity index (χ1n) is 6.76. The normalized spacial score (nSPS) is 22.9. The molecule has 0 radical (unpaired) electrons. The van der Waals surface area contributed by atoms with E-state index < -0.39 is 0 Å². The van der Waals surface area contributed by atoms with Crippen LogP contribution in [0.4, 0.5) is 5.69 Å². The lowest BCUT2D eigenvalue weighted by molar-refractivity contribution is -0.119. The van der Waals surface area contributed by atoms with Crippen molar-refractivity contribution in [2.45, 2.75) is 31.2 Å². The summed E-state index contributed by atoms with van der Waals surface area (Å²) in [6, 6.07) is 6.03. The van der Waals surface area contributed by atoms with Crippen molar-refractivity contribution in [3.05, 3.63) is 24.0 Å². The van der Waals surface area contributed by atoms with Crippen LogP contribution in [0.3, 0.4) is 0 Å². The molecule has 1 aromatic heterocycles. The highest BCUT2D eigenvalue weighted by Gasteiger charge is 2.34. The van der Waals surface area contributed by atoms with Crippen molar-refractivity contribution in [3.63, 3.8) is 0 Å². The summed E-state index contributed by atoms with van der Waals surface area (Å²) in [5.41, 5.74) is 8.61. The van der Waals surface area contributed by atoms with Crippen LogP contribution in [-0.2, 0) is 4.79 Å². The maximum Gasteiger partial charge on any atom is 0.222 e. The lowest BCUT2D eigenvalue weighted by atomic mass is 10.2. The Morgan fingerprint density at radius 1 is 1.37 bits per heavy atom. The first-order valence-corrected chi connectivity index (χ1v) is 6.76. The minimum absolute atomic E-state index is 0.129. The number of carbonyl (C=O) groups is 1. The standard InChI is InChI=1S/C14H16N4O/c15-9-3-4-12-11(5-9)17-14(8-1-2-8)18(12)10-6-13(19)16-7-10/h3-5,8,10H,1-2,6-7,15H2,(H,16,19). The van der Waals surface area contributed by atoms with Gasteiger partial charge in [0, 0.05) is 24.6 Å². The fourth-order valence-electron chi connectivity index (χ4n) is 2.92. The average molecular weight is 256 g/mol. The zero-order valence-electron chi connectivity index (χ0n) is 10.6. The molecule has 1 aliphatic heterocycles. The highest BCUT2D eigenvalue weighted by atomic mass is 16.1. The summed E-state index contributed by atoms with van der Waals surface area (Å²) in [6.07, 6.45) is 2.95. The Morgan fingerprint density at radius 3 is 2.89 bits per heavy atom. The summed E-state index contributed by atoms with van der Waals surface area (Å²) in [6.45, 7) is 0.703. The van der Waals surface area contributed by atoms with Crippen LogP contribution >= 0.6 is 0 Å². The molecule has 1 atom stereocenters. The summed E-state index contributed by atoms with van der Waals surface area (Å²) in [5.74, 6) is 1.82. The first-order chi connectivity index (χ1) is 9.22. The summed E-state index contributed by atoms with van der Waals surface area (Å²) in [4.78, 5) is 16.2. The number of nitrogen functional groups attached to an aromatic ring is 1. The highest BCUT2D eigenvalue weighted by molar-refractivity contribution is 5.82. The van der Waals surface area contributed by atoms with Crippen LogP contribution in [0.5, 0.6) is 0 Å². The van der Waals surface area contributed by atoms with Gasteiger partial charge in [-0.2, -0.15) is 0 Å². The van der Waals surface area contributed by atoms with E-state index in [4.69, 9.17) is 10.7 Å². The number of aromatic nitrogens is 2. The summed E-state index contributed by atoms with van der Waals surface area (Å²) in [7, 11) is 0. The third kappa shape index (κ3) is 1.69. The average Bonchev–Trinajstić information content (AvgIpc) is 3.04. The Morgan fingerprint density at radius 2 is 2.21 bits per heavy atom. The molecule has 2 heterocycles. The van der Waals surface area contributed by atoms with E-state index in [9.17, 15) is 4.79 Å². The third-order valence-electron chi connectivity index (χ3n) is 4.00. The van der Waals surface area contributed by atoms with Crippen LogP contribution in [-0.4, -0.2) is 22.0 Å². The van der Waals surface area contributed by atoms with E-state index in [1.807, 2.05) is 18.2 Å². The molecular formula is C14H16N4O. The van der Waals surface area contributed by atoms with E-state index >= 15 is 0 Å². The van der Waals surface area contributed by atoms with Gasteiger partial charge in [-0.05, 0) is 31.0 Å². The van der Waals surface area contributed by atoms with E-state index in [2.05, 4.69) is 9.88 Å². The monoisotopic (exact) mass is 256 g/mol. The van der Waals surface area contributed by atoms with Gasteiger partial charge in [0.25, 0.3) is 0 Å². The molecule has 1 amide bonds. The van der Waals surface area contributed by atoms with E-state index in [0.29, 0.717) is 18.9 Å². The number of carbonyl (C=O) groups excluding carboxylic acids is 1. The van der Waals surface area contributed by atoms with Crippen molar-refractivity contribution in [2.75, 3.05) is 12.3 Å². The second kappa shape index (κ2) is 3.73. The van der Waals surface area contributed by atoms with Crippen LogP contribution in [0.25, 0.3) is 11.0 Å². The van der Waals surface area contributed by atoms with Crippen molar-refractivity contribution >= 4 is 22.6 Å². The van der Waals surface area contributed by atoms with Gasteiger partial charge in [-0.15, -0.1) is 0 Å². The molecule has 5 nitrogen and oxygen atoms in total. The number of hydrogen-bond donors (Lipinski definition) is 2. The fourth-order valence-corrected chi connectivity index (χ4v) is 2.92. The molecule has 19 heavy (non-hydrogen) atoms. The largest absolute Gasteiger partial charge is 0.399 e.